The summed E-state index contributed by atoms with van der Waals surface area (Å²) < 4.78 is 10.8. The molecule has 6 heteroatoms. The molecule has 2 aromatic heterocycles. The molecule has 24 heavy (non-hydrogen) atoms. The first kappa shape index (κ1) is 17.2. The Morgan fingerprint density at radius 3 is 2.79 bits per heavy atom. The summed E-state index contributed by atoms with van der Waals surface area (Å²) in [4.78, 5) is 15.1. The molecule has 1 saturated heterocycles. The summed E-state index contributed by atoms with van der Waals surface area (Å²) >= 11 is 1.74. The first-order valence-corrected chi connectivity index (χ1v) is 9.04. The second kappa shape index (κ2) is 7.09. The van der Waals surface area contributed by atoms with Gasteiger partial charge in [-0.3, -0.25) is 4.79 Å². The summed E-state index contributed by atoms with van der Waals surface area (Å²) in [7, 11) is 0. The number of furan rings is 1. The van der Waals surface area contributed by atoms with Gasteiger partial charge < -0.3 is 19.6 Å². The monoisotopic (exact) mass is 349 g/mol. The van der Waals surface area contributed by atoms with E-state index in [-0.39, 0.29) is 11.9 Å². The van der Waals surface area contributed by atoms with Gasteiger partial charge in [-0.25, -0.2) is 0 Å². The summed E-state index contributed by atoms with van der Waals surface area (Å²) in [6.07, 6.45) is 3.12. The van der Waals surface area contributed by atoms with Gasteiger partial charge in [-0.1, -0.05) is 0 Å². The molecule has 130 valence electrons. The normalized spacial score (nSPS) is 18.3. The van der Waals surface area contributed by atoms with Gasteiger partial charge in [-0.2, -0.15) is 0 Å². The van der Waals surface area contributed by atoms with E-state index in [9.17, 15) is 9.90 Å². The van der Waals surface area contributed by atoms with Crippen LogP contribution >= 0.6 is 11.3 Å². The number of amides is 1. The molecule has 0 spiro atoms. The number of thiophene rings is 1. The predicted molar refractivity (Wildman–Crippen MR) is 92.3 cm³/mol. The Morgan fingerprint density at radius 2 is 2.12 bits per heavy atom. The third kappa shape index (κ3) is 3.71. The molecule has 0 bridgehead atoms. The van der Waals surface area contributed by atoms with Gasteiger partial charge in [0.05, 0.1) is 11.8 Å². The van der Waals surface area contributed by atoms with Gasteiger partial charge in [0.1, 0.15) is 11.4 Å². The topological polar surface area (TPSA) is 71.7 Å². The molecule has 1 atom stereocenters. The van der Waals surface area contributed by atoms with Crippen LogP contribution < -0.4 is 5.32 Å². The Hall–Kier alpha value is -1.63. The van der Waals surface area contributed by atoms with Crippen molar-refractivity contribution in [2.75, 3.05) is 13.2 Å². The molecule has 0 aliphatic carbocycles. The van der Waals surface area contributed by atoms with Crippen molar-refractivity contribution in [1.82, 2.24) is 5.32 Å². The minimum absolute atomic E-state index is 0.00244. The van der Waals surface area contributed by atoms with Crippen molar-refractivity contribution in [3.63, 3.8) is 0 Å². The summed E-state index contributed by atoms with van der Waals surface area (Å²) in [6, 6.07) is 5.81. The van der Waals surface area contributed by atoms with E-state index < -0.39 is 5.60 Å². The molecule has 0 unspecified atom stereocenters. The predicted octanol–water partition coefficient (Wildman–Crippen LogP) is 3.01. The van der Waals surface area contributed by atoms with Gasteiger partial charge in [0, 0.05) is 48.3 Å². The zero-order valence-corrected chi connectivity index (χ0v) is 14.8. The van der Waals surface area contributed by atoms with Crippen molar-refractivity contribution in [3.8, 4) is 0 Å². The Bertz CT molecular complexity index is 699. The van der Waals surface area contributed by atoms with Crippen LogP contribution in [0.4, 0.5) is 0 Å². The number of carbonyl (C=O) groups excluding carboxylic acids is 1. The molecule has 1 amide bonds. The molecule has 3 heterocycles. The number of rotatable bonds is 5. The van der Waals surface area contributed by atoms with Crippen molar-refractivity contribution < 1.29 is 19.1 Å². The summed E-state index contributed by atoms with van der Waals surface area (Å²) in [6.45, 7) is 4.98. The summed E-state index contributed by atoms with van der Waals surface area (Å²) in [5.41, 5.74) is -0.712. The molecule has 0 radical (unpaired) electrons. The fourth-order valence-electron chi connectivity index (χ4n) is 3.03. The van der Waals surface area contributed by atoms with Gasteiger partial charge in [0.15, 0.2) is 0 Å². The maximum Gasteiger partial charge on any atom is 0.255 e. The van der Waals surface area contributed by atoms with Crippen LogP contribution in [0.25, 0.3) is 0 Å². The van der Waals surface area contributed by atoms with E-state index in [2.05, 4.69) is 24.4 Å². The SMILES string of the molecule is Cc1ccc(C[C@H](C)NC(=O)c2ccoc2C2(O)CCOCC2)s1. The third-order valence-corrected chi connectivity index (χ3v) is 5.36. The van der Waals surface area contributed by atoms with Gasteiger partial charge >= 0.3 is 0 Å². The highest BCUT2D eigenvalue weighted by molar-refractivity contribution is 7.11. The quantitative estimate of drug-likeness (QED) is 0.870. The number of aryl methyl sites for hydroxylation is 1. The lowest BCUT2D eigenvalue weighted by atomic mass is 9.89. The molecule has 2 aromatic rings. The molecule has 5 nitrogen and oxygen atoms in total. The smallest absolute Gasteiger partial charge is 0.255 e. The summed E-state index contributed by atoms with van der Waals surface area (Å²) in [5.74, 6) is 0.141. The van der Waals surface area contributed by atoms with Crippen molar-refractivity contribution in [3.05, 3.63) is 45.5 Å². The number of ether oxygens (including phenoxy) is 1. The van der Waals surface area contributed by atoms with Crippen LogP contribution in [0.1, 0.15) is 45.6 Å². The highest BCUT2D eigenvalue weighted by Crippen LogP contribution is 2.34. The van der Waals surface area contributed by atoms with Gasteiger partial charge in [0.2, 0.25) is 0 Å². The molecule has 1 aliphatic heterocycles. The van der Waals surface area contributed by atoms with E-state index in [1.165, 1.54) is 16.0 Å². The van der Waals surface area contributed by atoms with E-state index in [0.717, 1.165) is 6.42 Å². The van der Waals surface area contributed by atoms with E-state index in [1.54, 1.807) is 17.4 Å². The van der Waals surface area contributed by atoms with Gasteiger partial charge in [-0.15, -0.1) is 11.3 Å². The first-order valence-electron chi connectivity index (χ1n) is 8.22. The Balaban J connectivity index is 1.68. The van der Waals surface area contributed by atoms with Crippen LogP contribution in [0.3, 0.4) is 0 Å². The Morgan fingerprint density at radius 1 is 1.38 bits per heavy atom. The van der Waals surface area contributed by atoms with Gasteiger partial charge in [-0.05, 0) is 32.0 Å². The fourth-order valence-corrected chi connectivity index (χ4v) is 4.05. The van der Waals surface area contributed by atoms with E-state index >= 15 is 0 Å². The Kier molecular flexibility index (Phi) is 5.08. The van der Waals surface area contributed by atoms with Crippen LogP contribution in [0.15, 0.2) is 28.9 Å². The standard InChI is InChI=1S/C18H23NO4S/c1-12(11-14-4-3-13(2)24-14)19-17(20)15-5-8-23-16(15)18(21)6-9-22-10-7-18/h3-5,8,12,21H,6-7,9-11H2,1-2H3,(H,19,20)/t12-/m0/s1. The number of nitrogens with one attached hydrogen (secondary N) is 1. The largest absolute Gasteiger partial charge is 0.465 e. The zero-order chi connectivity index (χ0) is 17.2. The lowest BCUT2D eigenvalue weighted by Gasteiger charge is -2.30. The van der Waals surface area contributed by atoms with Crippen LogP contribution in [0, 0.1) is 6.92 Å². The van der Waals surface area contributed by atoms with Crippen molar-refractivity contribution in [2.24, 2.45) is 0 Å². The Labute approximate surface area is 145 Å². The maximum atomic E-state index is 12.6. The van der Waals surface area contributed by atoms with Crippen molar-refractivity contribution in [2.45, 2.75) is 44.8 Å². The average molecular weight is 349 g/mol. The highest BCUT2D eigenvalue weighted by Gasteiger charge is 2.38. The molecule has 3 rings (SSSR count). The van der Waals surface area contributed by atoms with E-state index in [0.29, 0.717) is 37.4 Å². The minimum Gasteiger partial charge on any atom is -0.465 e. The lowest BCUT2D eigenvalue weighted by Crippen LogP contribution is -2.38. The van der Waals surface area contributed by atoms with Crippen molar-refractivity contribution >= 4 is 17.2 Å². The molecular formula is C18H23NO4S. The highest BCUT2D eigenvalue weighted by atomic mass is 32.1. The number of carbonyl (C=O) groups is 1. The maximum absolute atomic E-state index is 12.6. The van der Waals surface area contributed by atoms with E-state index in [4.69, 9.17) is 9.15 Å². The van der Waals surface area contributed by atoms with Crippen LogP contribution in [0.5, 0.6) is 0 Å². The average Bonchev–Trinajstić information content (AvgIpc) is 3.17. The second-order valence-corrected chi connectivity index (χ2v) is 7.77. The van der Waals surface area contributed by atoms with Crippen LogP contribution in [0.2, 0.25) is 0 Å². The molecule has 2 N–H and O–H groups in total. The molecular weight excluding hydrogens is 326 g/mol. The molecule has 1 aliphatic rings. The number of hydrogen-bond donors (Lipinski definition) is 2. The molecule has 0 saturated carbocycles. The minimum atomic E-state index is -1.12. The lowest BCUT2D eigenvalue weighted by molar-refractivity contribution is -0.0804. The number of aliphatic hydroxyl groups is 1. The van der Waals surface area contributed by atoms with E-state index in [1.807, 2.05) is 6.92 Å². The molecule has 0 aromatic carbocycles. The fraction of sp³-hybridized carbons (Fsp3) is 0.500. The second-order valence-electron chi connectivity index (χ2n) is 6.40. The summed E-state index contributed by atoms with van der Waals surface area (Å²) in [5, 5.41) is 13.8. The zero-order valence-electron chi connectivity index (χ0n) is 14.0. The van der Waals surface area contributed by atoms with Gasteiger partial charge in [0.25, 0.3) is 5.91 Å². The van der Waals surface area contributed by atoms with Crippen LogP contribution in [-0.4, -0.2) is 30.3 Å². The van der Waals surface area contributed by atoms with Crippen LogP contribution in [-0.2, 0) is 16.8 Å². The third-order valence-electron chi connectivity index (χ3n) is 4.33. The number of hydrogen-bond acceptors (Lipinski definition) is 5. The molecule has 1 fully saturated rings. The first-order chi connectivity index (χ1) is 11.5. The van der Waals surface area contributed by atoms with Crippen molar-refractivity contribution in [1.29, 1.82) is 0 Å².